The molecule has 0 bridgehead atoms. The largest absolute Gasteiger partial charge is 0.467 e. The number of rotatable bonds is 5. The van der Waals surface area contributed by atoms with Gasteiger partial charge in [0.1, 0.15) is 11.6 Å². The number of furan rings is 1. The first kappa shape index (κ1) is 12.2. The van der Waals surface area contributed by atoms with E-state index in [2.05, 4.69) is 20.6 Å². The minimum Gasteiger partial charge on any atom is -0.467 e. The summed E-state index contributed by atoms with van der Waals surface area (Å²) >= 11 is 0. The molecule has 20 heavy (non-hydrogen) atoms. The first-order chi connectivity index (χ1) is 9.90. The van der Waals surface area contributed by atoms with Crippen LogP contribution in [0.2, 0.25) is 0 Å². The lowest BCUT2D eigenvalue weighted by molar-refractivity contribution is 0.518. The predicted octanol–water partition coefficient (Wildman–Crippen LogP) is 3.43. The van der Waals surface area contributed by atoms with Crippen molar-refractivity contribution in [1.29, 1.82) is 0 Å². The van der Waals surface area contributed by atoms with Gasteiger partial charge in [0, 0.05) is 11.9 Å². The summed E-state index contributed by atoms with van der Waals surface area (Å²) in [6.07, 6.45) is 3.36. The van der Waals surface area contributed by atoms with Crippen molar-refractivity contribution in [3.8, 4) is 0 Å². The lowest BCUT2D eigenvalue weighted by Crippen LogP contribution is -2.03. The predicted molar refractivity (Wildman–Crippen MR) is 77.8 cm³/mol. The molecule has 0 spiro atoms. The molecule has 0 aliphatic carbocycles. The molecule has 0 fully saturated rings. The molecule has 0 radical (unpaired) electrons. The van der Waals surface area contributed by atoms with E-state index in [0.717, 1.165) is 17.3 Å². The van der Waals surface area contributed by atoms with Gasteiger partial charge < -0.3 is 15.1 Å². The van der Waals surface area contributed by atoms with Gasteiger partial charge in [-0.1, -0.05) is 18.2 Å². The van der Waals surface area contributed by atoms with Gasteiger partial charge in [-0.25, -0.2) is 4.98 Å². The highest BCUT2D eigenvalue weighted by molar-refractivity contribution is 5.54. The fourth-order valence-corrected chi connectivity index (χ4v) is 1.76. The first-order valence-corrected chi connectivity index (χ1v) is 6.31. The van der Waals surface area contributed by atoms with Gasteiger partial charge in [0.05, 0.1) is 12.8 Å². The van der Waals surface area contributed by atoms with Gasteiger partial charge in [-0.15, -0.1) is 0 Å². The van der Waals surface area contributed by atoms with E-state index in [0.29, 0.717) is 12.5 Å². The monoisotopic (exact) mass is 266 g/mol. The van der Waals surface area contributed by atoms with E-state index in [-0.39, 0.29) is 0 Å². The molecule has 0 unspecified atom stereocenters. The minimum atomic E-state index is 0.556. The van der Waals surface area contributed by atoms with Crippen LogP contribution in [0.25, 0.3) is 0 Å². The number of hydrogen-bond donors (Lipinski definition) is 2. The third-order valence-corrected chi connectivity index (χ3v) is 2.71. The van der Waals surface area contributed by atoms with E-state index in [9.17, 15) is 0 Å². The van der Waals surface area contributed by atoms with Crippen LogP contribution in [0.15, 0.2) is 65.4 Å². The Morgan fingerprint density at radius 2 is 1.90 bits per heavy atom. The molecule has 100 valence electrons. The van der Waals surface area contributed by atoms with Crippen LogP contribution in [0.1, 0.15) is 5.76 Å². The van der Waals surface area contributed by atoms with Gasteiger partial charge in [-0.3, -0.25) is 0 Å². The standard InChI is InChI=1S/C15H14N4O/c1-2-5-12(6-3-1)18-15-16-9-8-14(19-15)17-11-13-7-4-10-20-13/h1-10H,11H2,(H2,16,17,18,19). The smallest absolute Gasteiger partial charge is 0.229 e. The van der Waals surface area contributed by atoms with Crippen LogP contribution in [0.3, 0.4) is 0 Å². The van der Waals surface area contributed by atoms with Crippen LogP contribution in [-0.2, 0) is 6.54 Å². The highest BCUT2D eigenvalue weighted by atomic mass is 16.3. The molecule has 2 N–H and O–H groups in total. The molecule has 0 atom stereocenters. The van der Waals surface area contributed by atoms with Crippen LogP contribution in [0, 0.1) is 0 Å². The Kier molecular flexibility index (Phi) is 3.59. The van der Waals surface area contributed by atoms with Crippen LogP contribution in [0.5, 0.6) is 0 Å². The highest BCUT2D eigenvalue weighted by Crippen LogP contribution is 2.14. The summed E-state index contributed by atoms with van der Waals surface area (Å²) in [5, 5.41) is 6.34. The van der Waals surface area contributed by atoms with Crippen molar-refractivity contribution < 1.29 is 4.42 Å². The Morgan fingerprint density at radius 1 is 1.00 bits per heavy atom. The van der Waals surface area contributed by atoms with Crippen molar-refractivity contribution in [3.63, 3.8) is 0 Å². The van der Waals surface area contributed by atoms with Gasteiger partial charge in [0.25, 0.3) is 0 Å². The Hall–Kier alpha value is -2.82. The van der Waals surface area contributed by atoms with Gasteiger partial charge in [0.15, 0.2) is 0 Å². The molecule has 2 heterocycles. The average molecular weight is 266 g/mol. The third-order valence-electron chi connectivity index (χ3n) is 2.71. The first-order valence-electron chi connectivity index (χ1n) is 6.31. The quantitative estimate of drug-likeness (QED) is 0.740. The molecule has 3 rings (SSSR count). The van der Waals surface area contributed by atoms with Crippen molar-refractivity contribution in [2.75, 3.05) is 10.6 Å². The number of aromatic nitrogens is 2. The molecule has 0 aliphatic rings. The molecule has 3 aromatic rings. The van der Waals surface area contributed by atoms with E-state index < -0.39 is 0 Å². The van der Waals surface area contributed by atoms with E-state index in [1.165, 1.54) is 0 Å². The summed E-state index contributed by atoms with van der Waals surface area (Å²) < 4.78 is 5.26. The Bertz CT molecular complexity index is 653. The molecule has 1 aromatic carbocycles. The summed E-state index contributed by atoms with van der Waals surface area (Å²) in [4.78, 5) is 8.59. The molecule has 0 saturated carbocycles. The van der Waals surface area contributed by atoms with Crippen LogP contribution >= 0.6 is 0 Å². The second-order valence-electron chi connectivity index (χ2n) is 4.19. The van der Waals surface area contributed by atoms with Crippen molar-refractivity contribution in [2.45, 2.75) is 6.54 Å². The van der Waals surface area contributed by atoms with Gasteiger partial charge >= 0.3 is 0 Å². The molecule has 5 heteroatoms. The van der Waals surface area contributed by atoms with E-state index in [1.807, 2.05) is 48.5 Å². The molecule has 2 aromatic heterocycles. The maximum absolute atomic E-state index is 5.26. The Labute approximate surface area is 116 Å². The second-order valence-corrected chi connectivity index (χ2v) is 4.19. The maximum Gasteiger partial charge on any atom is 0.229 e. The molecule has 0 aliphatic heterocycles. The van der Waals surface area contributed by atoms with Crippen LogP contribution in [-0.4, -0.2) is 9.97 Å². The lowest BCUT2D eigenvalue weighted by atomic mass is 10.3. The molecular formula is C15H14N4O. The third kappa shape index (κ3) is 3.14. The van der Waals surface area contributed by atoms with Crippen molar-refractivity contribution >= 4 is 17.5 Å². The number of para-hydroxylation sites is 1. The summed E-state index contributed by atoms with van der Waals surface area (Å²) in [6.45, 7) is 0.592. The zero-order chi connectivity index (χ0) is 13.6. The highest BCUT2D eigenvalue weighted by Gasteiger charge is 2.01. The number of anilines is 3. The molecule has 5 nitrogen and oxygen atoms in total. The topological polar surface area (TPSA) is 63.0 Å². The number of benzene rings is 1. The zero-order valence-corrected chi connectivity index (χ0v) is 10.8. The lowest BCUT2D eigenvalue weighted by Gasteiger charge is -2.07. The number of nitrogens with one attached hydrogen (secondary N) is 2. The molecule has 0 amide bonds. The fourth-order valence-electron chi connectivity index (χ4n) is 1.76. The maximum atomic E-state index is 5.26. The second kappa shape index (κ2) is 5.88. The number of nitrogens with zero attached hydrogens (tertiary/aromatic N) is 2. The molecule has 0 saturated heterocycles. The van der Waals surface area contributed by atoms with Gasteiger partial charge in [-0.05, 0) is 30.3 Å². The summed E-state index contributed by atoms with van der Waals surface area (Å²) in [7, 11) is 0. The zero-order valence-electron chi connectivity index (χ0n) is 10.8. The SMILES string of the molecule is c1ccc(Nc2nccc(NCc3ccco3)n2)cc1. The van der Waals surface area contributed by atoms with Crippen molar-refractivity contribution in [3.05, 3.63) is 66.8 Å². The van der Waals surface area contributed by atoms with Crippen LogP contribution in [0.4, 0.5) is 17.5 Å². The summed E-state index contributed by atoms with van der Waals surface area (Å²) in [6, 6.07) is 15.4. The van der Waals surface area contributed by atoms with E-state index in [1.54, 1.807) is 12.5 Å². The summed E-state index contributed by atoms with van der Waals surface area (Å²) in [5.74, 6) is 2.16. The van der Waals surface area contributed by atoms with Crippen LogP contribution < -0.4 is 10.6 Å². The summed E-state index contributed by atoms with van der Waals surface area (Å²) in [5.41, 5.74) is 0.954. The van der Waals surface area contributed by atoms with E-state index >= 15 is 0 Å². The molecular weight excluding hydrogens is 252 g/mol. The van der Waals surface area contributed by atoms with Crippen molar-refractivity contribution in [2.24, 2.45) is 0 Å². The van der Waals surface area contributed by atoms with Gasteiger partial charge in [0.2, 0.25) is 5.95 Å². The number of hydrogen-bond acceptors (Lipinski definition) is 5. The Balaban J connectivity index is 1.66. The Morgan fingerprint density at radius 3 is 2.70 bits per heavy atom. The normalized spacial score (nSPS) is 10.2. The van der Waals surface area contributed by atoms with Crippen molar-refractivity contribution in [1.82, 2.24) is 9.97 Å². The van der Waals surface area contributed by atoms with Gasteiger partial charge in [-0.2, -0.15) is 4.98 Å². The average Bonchev–Trinajstić information content (AvgIpc) is 3.00. The fraction of sp³-hybridized carbons (Fsp3) is 0.0667. The minimum absolute atomic E-state index is 0.556. The van der Waals surface area contributed by atoms with E-state index in [4.69, 9.17) is 4.42 Å².